The minimum absolute atomic E-state index is 0.0816. The fourth-order valence-electron chi connectivity index (χ4n) is 2.01. The highest BCUT2D eigenvalue weighted by Gasteiger charge is 2.06. The lowest BCUT2D eigenvalue weighted by atomic mass is 10.2. The predicted octanol–water partition coefficient (Wildman–Crippen LogP) is 4.53. The SMILES string of the molecule is C=C/C=C/C(COCc1ccccc1)OCc1ccccc1. The zero-order chi connectivity index (χ0) is 15.5. The molecule has 0 spiro atoms. The third kappa shape index (κ3) is 6.08. The van der Waals surface area contributed by atoms with E-state index in [-0.39, 0.29) is 6.10 Å². The van der Waals surface area contributed by atoms with Gasteiger partial charge in [0.15, 0.2) is 0 Å². The maximum Gasteiger partial charge on any atom is 0.0997 e. The first kappa shape index (κ1) is 16.2. The van der Waals surface area contributed by atoms with Crippen LogP contribution in [0.15, 0.2) is 85.5 Å². The minimum Gasteiger partial charge on any atom is -0.374 e. The van der Waals surface area contributed by atoms with Gasteiger partial charge < -0.3 is 9.47 Å². The van der Waals surface area contributed by atoms with Crippen LogP contribution >= 0.6 is 0 Å². The summed E-state index contributed by atoms with van der Waals surface area (Å²) in [5.41, 5.74) is 2.32. The molecule has 0 aliphatic heterocycles. The Bertz CT molecular complexity index is 561. The molecule has 1 atom stereocenters. The number of ether oxygens (including phenoxy) is 2. The van der Waals surface area contributed by atoms with Crippen LogP contribution in [0.5, 0.6) is 0 Å². The van der Waals surface area contributed by atoms with E-state index < -0.39 is 0 Å². The molecule has 0 radical (unpaired) electrons. The van der Waals surface area contributed by atoms with Crippen LogP contribution in [0.2, 0.25) is 0 Å². The van der Waals surface area contributed by atoms with E-state index in [0.717, 1.165) is 11.1 Å². The molecular formula is C20H22O2. The second-order valence-electron chi connectivity index (χ2n) is 4.96. The van der Waals surface area contributed by atoms with Gasteiger partial charge in [-0.3, -0.25) is 0 Å². The van der Waals surface area contributed by atoms with E-state index in [1.54, 1.807) is 6.08 Å². The maximum absolute atomic E-state index is 5.91. The van der Waals surface area contributed by atoms with E-state index in [1.807, 2.05) is 48.6 Å². The molecule has 0 fully saturated rings. The van der Waals surface area contributed by atoms with Crippen LogP contribution < -0.4 is 0 Å². The summed E-state index contributed by atoms with van der Waals surface area (Å²) in [7, 11) is 0. The maximum atomic E-state index is 5.91. The first-order chi connectivity index (χ1) is 10.9. The molecule has 0 aromatic heterocycles. The Balaban J connectivity index is 1.81. The summed E-state index contributed by atoms with van der Waals surface area (Å²) in [5.74, 6) is 0. The Hall–Kier alpha value is -2.16. The van der Waals surface area contributed by atoms with Crippen LogP contribution in [-0.2, 0) is 22.7 Å². The minimum atomic E-state index is -0.0816. The molecule has 0 N–H and O–H groups in total. The molecule has 0 aliphatic rings. The highest BCUT2D eigenvalue weighted by atomic mass is 16.5. The van der Waals surface area contributed by atoms with E-state index in [0.29, 0.717) is 19.8 Å². The van der Waals surface area contributed by atoms with Gasteiger partial charge >= 0.3 is 0 Å². The molecule has 2 nitrogen and oxygen atoms in total. The van der Waals surface area contributed by atoms with Gasteiger partial charge in [-0.2, -0.15) is 0 Å². The first-order valence-corrected chi connectivity index (χ1v) is 7.45. The Morgan fingerprint density at radius 2 is 1.45 bits per heavy atom. The Morgan fingerprint density at radius 3 is 2.05 bits per heavy atom. The third-order valence-electron chi connectivity index (χ3n) is 3.16. The van der Waals surface area contributed by atoms with Crippen molar-refractivity contribution < 1.29 is 9.47 Å². The smallest absolute Gasteiger partial charge is 0.0997 e. The van der Waals surface area contributed by atoms with Crippen LogP contribution in [0.3, 0.4) is 0 Å². The number of hydrogen-bond donors (Lipinski definition) is 0. The molecule has 0 heterocycles. The fraction of sp³-hybridized carbons (Fsp3) is 0.200. The van der Waals surface area contributed by atoms with E-state index in [2.05, 4.69) is 30.8 Å². The molecule has 0 bridgehead atoms. The fourth-order valence-corrected chi connectivity index (χ4v) is 2.01. The Morgan fingerprint density at radius 1 is 0.864 bits per heavy atom. The van der Waals surface area contributed by atoms with Crippen molar-refractivity contribution in [2.45, 2.75) is 19.3 Å². The van der Waals surface area contributed by atoms with Crippen LogP contribution in [0, 0.1) is 0 Å². The average Bonchev–Trinajstić information content (AvgIpc) is 2.58. The van der Waals surface area contributed by atoms with Crippen molar-refractivity contribution in [3.05, 3.63) is 96.6 Å². The highest BCUT2D eigenvalue weighted by Crippen LogP contribution is 2.07. The molecule has 2 aromatic rings. The molecule has 2 aromatic carbocycles. The van der Waals surface area contributed by atoms with E-state index >= 15 is 0 Å². The summed E-state index contributed by atoms with van der Waals surface area (Å²) in [6.45, 7) is 5.38. The van der Waals surface area contributed by atoms with Gasteiger partial charge in [-0.1, -0.05) is 85.5 Å². The van der Waals surface area contributed by atoms with Gasteiger partial charge in [0.05, 0.1) is 25.9 Å². The third-order valence-corrected chi connectivity index (χ3v) is 3.16. The zero-order valence-corrected chi connectivity index (χ0v) is 12.7. The van der Waals surface area contributed by atoms with E-state index in [4.69, 9.17) is 9.47 Å². The van der Waals surface area contributed by atoms with Crippen molar-refractivity contribution in [3.8, 4) is 0 Å². The van der Waals surface area contributed by atoms with Crippen LogP contribution in [0.25, 0.3) is 0 Å². The number of rotatable bonds is 9. The largest absolute Gasteiger partial charge is 0.374 e. The number of benzene rings is 2. The normalized spacial score (nSPS) is 12.4. The van der Waals surface area contributed by atoms with Crippen LogP contribution in [0.4, 0.5) is 0 Å². The summed E-state index contributed by atoms with van der Waals surface area (Å²) < 4.78 is 11.7. The van der Waals surface area contributed by atoms with Gasteiger partial charge in [-0.05, 0) is 11.1 Å². The quantitative estimate of drug-likeness (QED) is 0.633. The van der Waals surface area contributed by atoms with E-state index in [1.165, 1.54) is 0 Å². The monoisotopic (exact) mass is 294 g/mol. The summed E-state index contributed by atoms with van der Waals surface area (Å²) in [6, 6.07) is 20.3. The molecule has 114 valence electrons. The molecular weight excluding hydrogens is 272 g/mol. The standard InChI is InChI=1S/C20H22O2/c1-2-3-14-20(22-16-19-12-8-5-9-13-19)17-21-15-18-10-6-4-7-11-18/h2-14,20H,1,15-17H2/b14-3+. The number of allylic oxidation sites excluding steroid dienone is 2. The van der Waals surface area contributed by atoms with Crippen molar-refractivity contribution in [1.82, 2.24) is 0 Å². The van der Waals surface area contributed by atoms with Gasteiger partial charge in [-0.25, -0.2) is 0 Å². The molecule has 0 saturated carbocycles. The predicted molar refractivity (Wildman–Crippen MR) is 90.5 cm³/mol. The van der Waals surface area contributed by atoms with Crippen molar-refractivity contribution >= 4 is 0 Å². The van der Waals surface area contributed by atoms with Crippen molar-refractivity contribution in [2.75, 3.05) is 6.61 Å². The molecule has 1 unspecified atom stereocenters. The summed E-state index contributed by atoms with van der Waals surface area (Å²) in [5, 5.41) is 0. The average molecular weight is 294 g/mol. The van der Waals surface area contributed by atoms with Crippen molar-refractivity contribution in [1.29, 1.82) is 0 Å². The summed E-state index contributed by atoms with van der Waals surface area (Å²) >= 11 is 0. The lowest BCUT2D eigenvalue weighted by Crippen LogP contribution is -2.17. The van der Waals surface area contributed by atoms with Gasteiger partial charge in [0.2, 0.25) is 0 Å². The van der Waals surface area contributed by atoms with Crippen LogP contribution in [-0.4, -0.2) is 12.7 Å². The molecule has 2 heteroatoms. The second kappa shape index (κ2) is 9.72. The van der Waals surface area contributed by atoms with Crippen molar-refractivity contribution in [3.63, 3.8) is 0 Å². The lowest BCUT2D eigenvalue weighted by molar-refractivity contribution is -0.00526. The van der Waals surface area contributed by atoms with E-state index in [9.17, 15) is 0 Å². The van der Waals surface area contributed by atoms with Gasteiger partial charge in [0.1, 0.15) is 0 Å². The lowest BCUT2D eigenvalue weighted by Gasteiger charge is -2.15. The topological polar surface area (TPSA) is 18.5 Å². The van der Waals surface area contributed by atoms with Gasteiger partial charge in [0.25, 0.3) is 0 Å². The number of hydrogen-bond acceptors (Lipinski definition) is 2. The van der Waals surface area contributed by atoms with Gasteiger partial charge in [0, 0.05) is 0 Å². The summed E-state index contributed by atoms with van der Waals surface area (Å²) in [6.07, 6.45) is 5.53. The first-order valence-electron chi connectivity index (χ1n) is 7.45. The molecule has 2 rings (SSSR count). The van der Waals surface area contributed by atoms with Crippen molar-refractivity contribution in [2.24, 2.45) is 0 Å². The molecule has 0 amide bonds. The molecule has 22 heavy (non-hydrogen) atoms. The highest BCUT2D eigenvalue weighted by molar-refractivity contribution is 5.14. The van der Waals surface area contributed by atoms with Crippen LogP contribution in [0.1, 0.15) is 11.1 Å². The van der Waals surface area contributed by atoms with Gasteiger partial charge in [-0.15, -0.1) is 0 Å². The molecule has 0 aliphatic carbocycles. The summed E-state index contributed by atoms with van der Waals surface area (Å²) in [4.78, 5) is 0. The zero-order valence-electron chi connectivity index (χ0n) is 12.7. The second-order valence-corrected chi connectivity index (χ2v) is 4.96. The molecule has 0 saturated heterocycles. The Kier molecular flexibility index (Phi) is 7.16. The Labute approximate surface area is 132 Å².